The Morgan fingerprint density at radius 2 is 2.00 bits per heavy atom. The van der Waals surface area contributed by atoms with Crippen molar-refractivity contribution in [3.63, 3.8) is 0 Å². The largest absolute Gasteiger partial charge is 0.365 e. The van der Waals surface area contributed by atoms with Crippen LogP contribution < -0.4 is 0 Å². The minimum absolute atomic E-state index is 0.0905. The Morgan fingerprint density at radius 3 is 2.46 bits per heavy atom. The molecule has 0 saturated carbocycles. The Kier molecular flexibility index (Phi) is 2.20. The highest BCUT2D eigenvalue weighted by Gasteiger charge is 2.42. The van der Waals surface area contributed by atoms with Crippen LogP contribution in [0.1, 0.15) is 12.5 Å². The maximum atomic E-state index is 5.34. The van der Waals surface area contributed by atoms with Gasteiger partial charge in [-0.2, -0.15) is 0 Å². The van der Waals surface area contributed by atoms with Gasteiger partial charge in [-0.05, 0) is 52.8 Å². The summed E-state index contributed by atoms with van der Waals surface area (Å²) in [7, 11) is 0. The van der Waals surface area contributed by atoms with Crippen LogP contribution in [0.15, 0.2) is 30.8 Å². The van der Waals surface area contributed by atoms with Crippen LogP contribution in [0.2, 0.25) is 0 Å². The van der Waals surface area contributed by atoms with E-state index in [4.69, 9.17) is 4.74 Å². The Morgan fingerprint density at radius 1 is 1.46 bits per heavy atom. The molecule has 1 aliphatic heterocycles. The normalized spacial score (nSPS) is 25.7. The smallest absolute Gasteiger partial charge is 0.114 e. The van der Waals surface area contributed by atoms with Crippen LogP contribution in [0.5, 0.6) is 0 Å². The first kappa shape index (κ1) is 9.21. The molecule has 0 bridgehead atoms. The highest BCUT2D eigenvalue weighted by molar-refractivity contribution is 14.1. The number of rotatable bonds is 2. The predicted molar refractivity (Wildman–Crippen MR) is 62.6 cm³/mol. The first-order valence-corrected chi connectivity index (χ1v) is 5.29. The molecule has 0 N–H and O–H groups in total. The number of ether oxygens (including phenoxy) is 1. The van der Waals surface area contributed by atoms with Gasteiger partial charge in [0, 0.05) is 3.57 Å². The van der Waals surface area contributed by atoms with Crippen molar-refractivity contribution in [3.05, 3.63) is 40.0 Å². The van der Waals surface area contributed by atoms with Crippen LogP contribution >= 0.6 is 22.6 Å². The zero-order valence-electron chi connectivity index (χ0n) is 7.51. The number of hydrogen-bond acceptors (Lipinski definition) is 1. The molecule has 0 amide bonds. The molecular formula is C11H11IO. The molecule has 2 heteroatoms. The third kappa shape index (κ3) is 1.79. The molecule has 0 radical (unpaired) electrons. The third-order valence-electron chi connectivity index (χ3n) is 2.41. The molecule has 1 aliphatic rings. The Hall–Kier alpha value is -0.350. The fourth-order valence-electron chi connectivity index (χ4n) is 1.24. The minimum atomic E-state index is -0.0905. The van der Waals surface area contributed by atoms with E-state index < -0.39 is 0 Å². The summed E-state index contributed by atoms with van der Waals surface area (Å²) >= 11 is 2.30. The molecule has 1 fully saturated rings. The fraction of sp³-hybridized carbons (Fsp3) is 0.273. The van der Waals surface area contributed by atoms with Gasteiger partial charge in [-0.15, -0.1) is 0 Å². The molecule has 0 aliphatic carbocycles. The van der Waals surface area contributed by atoms with Crippen molar-refractivity contribution in [1.29, 1.82) is 0 Å². The maximum absolute atomic E-state index is 5.34. The van der Waals surface area contributed by atoms with E-state index in [0.29, 0.717) is 0 Å². The van der Waals surface area contributed by atoms with Crippen molar-refractivity contribution in [2.75, 3.05) is 6.61 Å². The first-order valence-electron chi connectivity index (χ1n) is 4.21. The van der Waals surface area contributed by atoms with Gasteiger partial charge in [0.2, 0.25) is 0 Å². The van der Waals surface area contributed by atoms with Gasteiger partial charge in [0.15, 0.2) is 0 Å². The van der Waals surface area contributed by atoms with Gasteiger partial charge in [-0.25, -0.2) is 0 Å². The summed E-state index contributed by atoms with van der Waals surface area (Å²) < 4.78 is 6.59. The van der Waals surface area contributed by atoms with Crippen molar-refractivity contribution >= 4 is 28.2 Å². The molecule has 1 unspecified atom stereocenters. The minimum Gasteiger partial charge on any atom is -0.365 e. The Balaban J connectivity index is 2.26. The van der Waals surface area contributed by atoms with E-state index in [1.54, 1.807) is 0 Å². The molecule has 2 rings (SSSR count). The zero-order valence-corrected chi connectivity index (χ0v) is 9.67. The summed E-state index contributed by atoms with van der Waals surface area (Å²) in [5.41, 5.74) is 2.18. The molecule has 1 saturated heterocycles. The molecule has 1 heterocycles. The maximum Gasteiger partial charge on any atom is 0.114 e. The van der Waals surface area contributed by atoms with Crippen molar-refractivity contribution in [2.45, 2.75) is 12.5 Å². The van der Waals surface area contributed by atoms with E-state index in [1.165, 1.54) is 9.13 Å². The highest BCUT2D eigenvalue weighted by Crippen LogP contribution is 2.39. The standard InChI is InChI=1S/C11H11IO/c1-8(11(2)7-13-11)9-3-5-10(12)6-4-9/h3-6H,1,7H2,2H3. The van der Waals surface area contributed by atoms with Gasteiger partial charge in [0.1, 0.15) is 5.60 Å². The summed E-state index contributed by atoms with van der Waals surface area (Å²) in [5, 5.41) is 0. The van der Waals surface area contributed by atoms with Crippen LogP contribution in [0.4, 0.5) is 0 Å². The number of halogens is 1. The summed E-state index contributed by atoms with van der Waals surface area (Å²) in [6, 6.07) is 8.37. The van der Waals surface area contributed by atoms with E-state index in [0.717, 1.165) is 12.2 Å². The predicted octanol–water partition coefficient (Wildman–Crippen LogP) is 3.09. The van der Waals surface area contributed by atoms with Crippen molar-refractivity contribution < 1.29 is 4.74 Å². The van der Waals surface area contributed by atoms with Gasteiger partial charge >= 0.3 is 0 Å². The lowest BCUT2D eigenvalue weighted by atomic mass is 9.96. The van der Waals surface area contributed by atoms with Crippen molar-refractivity contribution in [1.82, 2.24) is 0 Å². The molecule has 13 heavy (non-hydrogen) atoms. The summed E-state index contributed by atoms with van der Waals surface area (Å²) in [6.07, 6.45) is 0. The molecule has 1 aromatic carbocycles. The lowest BCUT2D eigenvalue weighted by Gasteiger charge is -2.09. The SMILES string of the molecule is C=C(c1ccc(I)cc1)C1(C)CO1. The van der Waals surface area contributed by atoms with E-state index in [2.05, 4.69) is 60.4 Å². The lowest BCUT2D eigenvalue weighted by molar-refractivity contribution is 0.377. The monoisotopic (exact) mass is 286 g/mol. The quantitative estimate of drug-likeness (QED) is 0.601. The van der Waals surface area contributed by atoms with Crippen LogP contribution in [0, 0.1) is 3.57 Å². The number of benzene rings is 1. The fourth-order valence-corrected chi connectivity index (χ4v) is 1.60. The summed E-state index contributed by atoms with van der Waals surface area (Å²) in [6.45, 7) is 6.94. The van der Waals surface area contributed by atoms with Crippen molar-refractivity contribution in [3.8, 4) is 0 Å². The molecule has 0 spiro atoms. The molecule has 1 atom stereocenters. The molecule has 1 nitrogen and oxygen atoms in total. The average molecular weight is 286 g/mol. The summed E-state index contributed by atoms with van der Waals surface area (Å²) in [4.78, 5) is 0. The van der Waals surface area contributed by atoms with Crippen LogP contribution in [-0.2, 0) is 4.74 Å². The second kappa shape index (κ2) is 3.10. The lowest BCUT2D eigenvalue weighted by Crippen LogP contribution is -2.06. The third-order valence-corrected chi connectivity index (χ3v) is 3.13. The topological polar surface area (TPSA) is 12.5 Å². The molecule has 68 valence electrons. The highest BCUT2D eigenvalue weighted by atomic mass is 127. The van der Waals surface area contributed by atoms with E-state index in [1.807, 2.05) is 0 Å². The van der Waals surface area contributed by atoms with Crippen LogP contribution in [0.3, 0.4) is 0 Å². The Bertz CT molecular complexity index is 336. The number of hydrogen-bond donors (Lipinski definition) is 0. The van der Waals surface area contributed by atoms with Gasteiger partial charge in [-0.3, -0.25) is 0 Å². The van der Waals surface area contributed by atoms with E-state index >= 15 is 0 Å². The summed E-state index contributed by atoms with van der Waals surface area (Å²) in [5.74, 6) is 0. The van der Waals surface area contributed by atoms with Crippen molar-refractivity contribution in [2.24, 2.45) is 0 Å². The zero-order chi connectivity index (χ0) is 9.47. The van der Waals surface area contributed by atoms with Gasteiger partial charge < -0.3 is 4.74 Å². The molecule has 0 aromatic heterocycles. The van der Waals surface area contributed by atoms with Gasteiger partial charge in [0.05, 0.1) is 6.61 Å². The second-order valence-corrected chi connectivity index (χ2v) is 4.75. The van der Waals surface area contributed by atoms with Gasteiger partial charge in [-0.1, -0.05) is 18.7 Å². The second-order valence-electron chi connectivity index (χ2n) is 3.50. The average Bonchev–Trinajstić information content (AvgIpc) is 2.85. The first-order chi connectivity index (χ1) is 6.12. The van der Waals surface area contributed by atoms with Gasteiger partial charge in [0.25, 0.3) is 0 Å². The number of epoxide rings is 1. The van der Waals surface area contributed by atoms with E-state index in [9.17, 15) is 0 Å². The molecule has 1 aromatic rings. The molecular weight excluding hydrogens is 275 g/mol. The van der Waals surface area contributed by atoms with Crippen LogP contribution in [-0.4, -0.2) is 12.2 Å². The van der Waals surface area contributed by atoms with E-state index in [-0.39, 0.29) is 5.60 Å². The Labute approximate surface area is 91.9 Å². The van der Waals surface area contributed by atoms with Crippen LogP contribution in [0.25, 0.3) is 5.57 Å².